The second-order valence-electron chi connectivity index (χ2n) is 7.02. The zero-order valence-corrected chi connectivity index (χ0v) is 16.3. The van der Waals surface area contributed by atoms with Crippen molar-refractivity contribution in [2.75, 3.05) is 12.4 Å². The molecule has 0 bridgehead atoms. The highest BCUT2D eigenvalue weighted by molar-refractivity contribution is 5.55. The Morgan fingerprint density at radius 1 is 1.07 bits per heavy atom. The molecule has 2 aromatic heterocycles. The number of oxazole rings is 1. The van der Waals surface area contributed by atoms with Crippen molar-refractivity contribution in [3.8, 4) is 29.2 Å². The van der Waals surface area contributed by atoms with Crippen LogP contribution in [0, 0.1) is 11.3 Å². The summed E-state index contributed by atoms with van der Waals surface area (Å²) in [7, 11) is 1.62. The third-order valence-electron chi connectivity index (χ3n) is 4.99. The summed E-state index contributed by atoms with van der Waals surface area (Å²) < 4.78 is 22.5. The maximum absolute atomic E-state index is 9.39. The predicted octanol–water partition coefficient (Wildman–Crippen LogP) is 5.14. The number of methoxy groups -OCH3 is 1. The van der Waals surface area contributed by atoms with Crippen LogP contribution in [0.3, 0.4) is 0 Å². The summed E-state index contributed by atoms with van der Waals surface area (Å²) in [5.41, 5.74) is 0.248. The number of hydrogen-bond acceptors (Lipinski definition) is 7. The van der Waals surface area contributed by atoms with Crippen molar-refractivity contribution < 1.29 is 18.3 Å². The van der Waals surface area contributed by atoms with Crippen molar-refractivity contribution in [2.45, 2.75) is 44.8 Å². The van der Waals surface area contributed by atoms with E-state index in [-0.39, 0.29) is 18.2 Å². The van der Waals surface area contributed by atoms with Gasteiger partial charge in [-0.05, 0) is 49.2 Å². The van der Waals surface area contributed by atoms with Crippen LogP contribution in [0.1, 0.15) is 43.6 Å². The van der Waals surface area contributed by atoms with Crippen molar-refractivity contribution in [3.63, 3.8) is 0 Å². The van der Waals surface area contributed by atoms with Gasteiger partial charge in [0.15, 0.2) is 5.76 Å². The first-order valence-corrected chi connectivity index (χ1v) is 9.78. The van der Waals surface area contributed by atoms with E-state index < -0.39 is 0 Å². The molecule has 1 aliphatic rings. The third-order valence-corrected chi connectivity index (χ3v) is 4.99. The number of ether oxygens (including phenoxy) is 2. The molecule has 2 heterocycles. The minimum absolute atomic E-state index is 0.248. The molecule has 3 aromatic rings. The summed E-state index contributed by atoms with van der Waals surface area (Å²) in [4.78, 5) is 4.28. The van der Waals surface area contributed by atoms with E-state index in [1.54, 1.807) is 13.2 Å². The first-order valence-electron chi connectivity index (χ1n) is 9.78. The van der Waals surface area contributed by atoms with Crippen molar-refractivity contribution >= 4 is 5.88 Å². The molecular weight excluding hydrogens is 370 g/mol. The fourth-order valence-electron chi connectivity index (χ4n) is 3.43. The fraction of sp³-hybridized carbons (Fsp3) is 0.364. The van der Waals surface area contributed by atoms with Gasteiger partial charge in [0.2, 0.25) is 11.6 Å². The Morgan fingerprint density at radius 2 is 1.83 bits per heavy atom. The average Bonchev–Trinajstić information content (AvgIpc) is 3.40. The molecule has 0 radical (unpaired) electrons. The molecule has 1 aliphatic carbocycles. The second kappa shape index (κ2) is 8.74. The number of furan rings is 1. The lowest BCUT2D eigenvalue weighted by molar-refractivity contribution is 0.270. The van der Waals surface area contributed by atoms with Gasteiger partial charge in [0.25, 0.3) is 5.89 Å². The smallest absolute Gasteiger partial charge is 0.266 e. The zero-order valence-electron chi connectivity index (χ0n) is 16.3. The summed E-state index contributed by atoms with van der Waals surface area (Å²) in [5, 5.41) is 12.7. The van der Waals surface area contributed by atoms with E-state index in [9.17, 15) is 5.26 Å². The third kappa shape index (κ3) is 4.54. The molecule has 29 heavy (non-hydrogen) atoms. The maximum atomic E-state index is 9.39. The first kappa shape index (κ1) is 18.9. The first-order chi connectivity index (χ1) is 14.2. The largest absolute Gasteiger partial charge is 0.497 e. The molecule has 0 amide bonds. The Morgan fingerprint density at radius 3 is 2.55 bits per heavy atom. The van der Waals surface area contributed by atoms with Crippen LogP contribution < -0.4 is 14.8 Å². The van der Waals surface area contributed by atoms with Gasteiger partial charge in [-0.3, -0.25) is 0 Å². The molecule has 0 unspecified atom stereocenters. The molecule has 0 atom stereocenters. The van der Waals surface area contributed by atoms with Crippen molar-refractivity contribution in [3.05, 3.63) is 47.9 Å². The molecule has 4 rings (SSSR count). The number of nitriles is 1. The molecule has 7 heteroatoms. The number of nitrogens with one attached hydrogen (secondary N) is 1. The highest BCUT2D eigenvalue weighted by atomic mass is 16.5. The molecule has 1 N–H and O–H groups in total. The Labute approximate surface area is 169 Å². The van der Waals surface area contributed by atoms with E-state index in [0.717, 1.165) is 18.6 Å². The quantitative estimate of drug-likeness (QED) is 0.594. The zero-order chi connectivity index (χ0) is 20.1. The van der Waals surface area contributed by atoms with Gasteiger partial charge in [0.1, 0.15) is 29.9 Å². The van der Waals surface area contributed by atoms with Crippen LogP contribution in [0.25, 0.3) is 11.7 Å². The van der Waals surface area contributed by atoms with Gasteiger partial charge in [0, 0.05) is 6.04 Å². The van der Waals surface area contributed by atoms with E-state index >= 15 is 0 Å². The van der Waals surface area contributed by atoms with E-state index in [2.05, 4.69) is 16.4 Å². The molecule has 150 valence electrons. The van der Waals surface area contributed by atoms with Gasteiger partial charge in [0.05, 0.1) is 7.11 Å². The van der Waals surface area contributed by atoms with Crippen LogP contribution in [0.5, 0.6) is 11.5 Å². The van der Waals surface area contributed by atoms with Crippen LogP contribution in [-0.2, 0) is 6.61 Å². The summed E-state index contributed by atoms with van der Waals surface area (Å²) in [6.07, 6.45) is 5.80. The Bertz CT molecular complexity index is 978. The summed E-state index contributed by atoms with van der Waals surface area (Å²) in [6, 6.07) is 13.3. The maximum Gasteiger partial charge on any atom is 0.266 e. The minimum atomic E-state index is 0.248. The van der Waals surface area contributed by atoms with Crippen LogP contribution >= 0.6 is 0 Å². The van der Waals surface area contributed by atoms with E-state index in [0.29, 0.717) is 29.2 Å². The fourth-order valence-corrected chi connectivity index (χ4v) is 3.43. The molecule has 0 spiro atoms. The van der Waals surface area contributed by atoms with E-state index in [4.69, 9.17) is 18.3 Å². The lowest BCUT2D eigenvalue weighted by atomic mass is 9.95. The molecule has 0 saturated heterocycles. The van der Waals surface area contributed by atoms with E-state index in [1.165, 1.54) is 19.3 Å². The van der Waals surface area contributed by atoms with Gasteiger partial charge >= 0.3 is 0 Å². The Kier molecular flexibility index (Phi) is 5.71. The molecule has 1 aromatic carbocycles. The average molecular weight is 393 g/mol. The van der Waals surface area contributed by atoms with Crippen LogP contribution in [0.4, 0.5) is 5.88 Å². The van der Waals surface area contributed by atoms with Crippen molar-refractivity contribution in [1.29, 1.82) is 5.26 Å². The van der Waals surface area contributed by atoms with Crippen molar-refractivity contribution in [2.24, 2.45) is 0 Å². The highest BCUT2D eigenvalue weighted by Gasteiger charge is 2.21. The normalized spacial score (nSPS) is 14.3. The highest BCUT2D eigenvalue weighted by Crippen LogP contribution is 2.30. The summed E-state index contributed by atoms with van der Waals surface area (Å²) >= 11 is 0. The van der Waals surface area contributed by atoms with Crippen LogP contribution in [-0.4, -0.2) is 18.1 Å². The number of benzene rings is 1. The number of hydrogen-bond donors (Lipinski definition) is 1. The minimum Gasteiger partial charge on any atom is -0.497 e. The summed E-state index contributed by atoms with van der Waals surface area (Å²) in [5.74, 6) is 3.29. The topological polar surface area (TPSA) is 93.5 Å². The molecule has 1 fully saturated rings. The summed E-state index contributed by atoms with van der Waals surface area (Å²) in [6.45, 7) is 0.269. The molecule has 1 saturated carbocycles. The monoisotopic (exact) mass is 393 g/mol. The van der Waals surface area contributed by atoms with Gasteiger partial charge in [-0.1, -0.05) is 19.3 Å². The van der Waals surface area contributed by atoms with Crippen LogP contribution in [0.15, 0.2) is 45.2 Å². The SMILES string of the molecule is COc1ccc(OCc2ccc(-c3nc(C#N)c(NC4CCCCC4)o3)o2)cc1. The number of anilines is 1. The number of aromatic nitrogens is 1. The Balaban J connectivity index is 1.42. The van der Waals surface area contributed by atoms with Crippen molar-refractivity contribution in [1.82, 2.24) is 4.98 Å². The predicted molar refractivity (Wildman–Crippen MR) is 107 cm³/mol. The Hall–Kier alpha value is -3.40. The number of rotatable bonds is 7. The molecular formula is C22H23N3O4. The van der Waals surface area contributed by atoms with Gasteiger partial charge in [-0.15, -0.1) is 0 Å². The molecule has 0 aliphatic heterocycles. The molecule has 7 nitrogen and oxygen atoms in total. The lowest BCUT2D eigenvalue weighted by Crippen LogP contribution is -2.22. The van der Waals surface area contributed by atoms with Gasteiger partial charge in [-0.2, -0.15) is 10.2 Å². The second-order valence-corrected chi connectivity index (χ2v) is 7.02. The standard InChI is InChI=1S/C22H23N3O4/c1-26-16-7-9-17(10-8-16)27-14-18-11-12-20(28-18)22-25-19(13-23)21(29-22)24-15-5-3-2-4-6-15/h7-12,15,24H,2-6,14H2,1H3. The lowest BCUT2D eigenvalue weighted by Gasteiger charge is -2.22. The van der Waals surface area contributed by atoms with E-state index in [1.807, 2.05) is 30.3 Å². The van der Waals surface area contributed by atoms with Gasteiger partial charge in [-0.25, -0.2) is 0 Å². The van der Waals surface area contributed by atoms with Gasteiger partial charge < -0.3 is 23.6 Å². The number of nitrogens with zero attached hydrogens (tertiary/aromatic N) is 2. The van der Waals surface area contributed by atoms with Crippen LogP contribution in [0.2, 0.25) is 0 Å².